The maximum Gasteiger partial charge on any atom is 0.328 e. The van der Waals surface area contributed by atoms with Crippen LogP contribution in [-0.4, -0.2) is 26.6 Å². The number of rotatable bonds is 4. The monoisotopic (exact) mass is 249 g/mol. The topological polar surface area (TPSA) is 75.1 Å². The Hall–Kier alpha value is -1.65. The number of aliphatic carboxylic acids is 1. The van der Waals surface area contributed by atoms with Crippen molar-refractivity contribution in [3.05, 3.63) is 18.0 Å². The Morgan fingerprint density at radius 1 is 1.33 bits per heavy atom. The van der Waals surface area contributed by atoms with E-state index in [-0.39, 0.29) is 0 Å². The van der Waals surface area contributed by atoms with E-state index in [0.29, 0.717) is 11.9 Å². The van der Waals surface area contributed by atoms with Crippen LogP contribution in [0.3, 0.4) is 0 Å². The lowest BCUT2D eigenvalue weighted by molar-refractivity contribution is -0.141. The van der Waals surface area contributed by atoms with Gasteiger partial charge in [-0.25, -0.2) is 14.8 Å². The van der Waals surface area contributed by atoms with E-state index in [1.165, 1.54) is 25.7 Å². The van der Waals surface area contributed by atoms with E-state index in [9.17, 15) is 4.79 Å². The fourth-order valence-corrected chi connectivity index (χ4v) is 2.21. The predicted molar refractivity (Wildman–Crippen MR) is 68.6 cm³/mol. The van der Waals surface area contributed by atoms with Gasteiger partial charge in [-0.2, -0.15) is 0 Å². The summed E-state index contributed by atoms with van der Waals surface area (Å²) in [6, 6.07) is 0. The van der Waals surface area contributed by atoms with Gasteiger partial charge in [-0.1, -0.05) is 12.8 Å². The molecule has 98 valence electrons. The Kier molecular flexibility index (Phi) is 3.50. The zero-order valence-corrected chi connectivity index (χ0v) is 10.8. The summed E-state index contributed by atoms with van der Waals surface area (Å²) in [5.41, 5.74) is 0.0979. The fraction of sp³-hybridized carbons (Fsp3) is 0.615. The molecule has 0 saturated heterocycles. The number of nitrogens with zero attached hydrogens (tertiary/aromatic N) is 2. The van der Waals surface area contributed by atoms with Gasteiger partial charge in [0, 0.05) is 12.4 Å². The molecule has 5 nitrogen and oxygen atoms in total. The summed E-state index contributed by atoms with van der Waals surface area (Å²) in [7, 11) is 0. The first-order chi connectivity index (χ1) is 8.49. The maximum atomic E-state index is 11.0. The highest BCUT2D eigenvalue weighted by molar-refractivity contribution is 5.80. The summed E-state index contributed by atoms with van der Waals surface area (Å²) >= 11 is 0. The third-order valence-corrected chi connectivity index (χ3v) is 3.46. The second kappa shape index (κ2) is 4.92. The summed E-state index contributed by atoms with van der Waals surface area (Å²) in [5.74, 6) is 0.0154. The Morgan fingerprint density at radius 2 is 1.89 bits per heavy atom. The average Bonchev–Trinajstić information content (AvgIpc) is 2.83. The van der Waals surface area contributed by atoms with Gasteiger partial charge in [0.2, 0.25) is 5.95 Å². The zero-order chi connectivity index (χ0) is 13.2. The van der Waals surface area contributed by atoms with Crippen molar-refractivity contribution in [2.24, 2.45) is 0 Å². The van der Waals surface area contributed by atoms with Gasteiger partial charge in [0.15, 0.2) is 0 Å². The van der Waals surface area contributed by atoms with Crippen LogP contribution in [0.2, 0.25) is 0 Å². The van der Waals surface area contributed by atoms with Crippen LogP contribution in [0.1, 0.15) is 51.0 Å². The fourth-order valence-electron chi connectivity index (χ4n) is 2.21. The molecule has 18 heavy (non-hydrogen) atoms. The van der Waals surface area contributed by atoms with E-state index in [1.807, 2.05) is 12.4 Å². The van der Waals surface area contributed by atoms with Gasteiger partial charge >= 0.3 is 5.97 Å². The van der Waals surface area contributed by atoms with Crippen LogP contribution >= 0.6 is 0 Å². The standard InChI is InChI=1S/C13H19N3O2/c1-13(2,11(17)18)16-12-14-7-10(8-15-12)9-5-3-4-6-9/h7-9H,3-6H2,1-2H3,(H,17,18)(H,14,15,16). The third kappa shape index (κ3) is 2.78. The number of carbonyl (C=O) groups is 1. The van der Waals surface area contributed by atoms with E-state index >= 15 is 0 Å². The van der Waals surface area contributed by atoms with Crippen LogP contribution < -0.4 is 5.32 Å². The van der Waals surface area contributed by atoms with Crippen molar-refractivity contribution >= 4 is 11.9 Å². The Labute approximate surface area is 107 Å². The number of anilines is 1. The molecule has 1 aromatic rings. The van der Waals surface area contributed by atoms with E-state index in [0.717, 1.165) is 5.56 Å². The summed E-state index contributed by atoms with van der Waals surface area (Å²) in [6.07, 6.45) is 8.58. The first-order valence-corrected chi connectivity index (χ1v) is 6.32. The molecule has 2 rings (SSSR count). The SMILES string of the molecule is CC(C)(Nc1ncc(C2CCCC2)cn1)C(=O)O. The molecule has 0 unspecified atom stereocenters. The molecular formula is C13H19N3O2. The molecule has 0 bridgehead atoms. The molecule has 0 aliphatic heterocycles. The van der Waals surface area contributed by atoms with Gasteiger partial charge in [-0.3, -0.25) is 0 Å². The summed E-state index contributed by atoms with van der Waals surface area (Å²) in [6.45, 7) is 3.17. The second-order valence-corrected chi connectivity index (χ2v) is 5.38. The lowest BCUT2D eigenvalue weighted by Crippen LogP contribution is -2.40. The number of carboxylic acid groups (broad SMARTS) is 1. The molecule has 1 aromatic heterocycles. The molecule has 0 amide bonds. The first-order valence-electron chi connectivity index (χ1n) is 6.32. The maximum absolute atomic E-state index is 11.0. The van der Waals surface area contributed by atoms with Crippen molar-refractivity contribution in [1.82, 2.24) is 9.97 Å². The lowest BCUT2D eigenvalue weighted by atomic mass is 10.0. The van der Waals surface area contributed by atoms with Crippen molar-refractivity contribution in [3.8, 4) is 0 Å². The number of nitrogens with one attached hydrogen (secondary N) is 1. The predicted octanol–water partition coefficient (Wildman–Crippen LogP) is 2.41. The number of hydrogen-bond donors (Lipinski definition) is 2. The van der Waals surface area contributed by atoms with Gasteiger partial charge in [-0.05, 0) is 38.2 Å². The van der Waals surface area contributed by atoms with Gasteiger partial charge in [0.1, 0.15) is 5.54 Å². The van der Waals surface area contributed by atoms with Gasteiger partial charge in [0.05, 0.1) is 0 Å². The second-order valence-electron chi connectivity index (χ2n) is 5.38. The Balaban J connectivity index is 2.05. The Morgan fingerprint density at radius 3 is 2.39 bits per heavy atom. The number of aromatic nitrogens is 2. The van der Waals surface area contributed by atoms with Crippen molar-refractivity contribution in [2.45, 2.75) is 51.0 Å². The third-order valence-electron chi connectivity index (χ3n) is 3.46. The minimum Gasteiger partial charge on any atom is -0.480 e. The molecule has 0 radical (unpaired) electrons. The average molecular weight is 249 g/mol. The molecule has 1 heterocycles. The number of carboxylic acids is 1. The van der Waals surface area contributed by atoms with Crippen molar-refractivity contribution in [2.75, 3.05) is 5.32 Å². The van der Waals surface area contributed by atoms with E-state index in [2.05, 4.69) is 15.3 Å². The van der Waals surface area contributed by atoms with Crippen LogP contribution in [0, 0.1) is 0 Å². The number of hydrogen-bond acceptors (Lipinski definition) is 4. The van der Waals surface area contributed by atoms with Crippen LogP contribution in [0.4, 0.5) is 5.95 Å². The molecule has 0 atom stereocenters. The van der Waals surface area contributed by atoms with Gasteiger partial charge in [-0.15, -0.1) is 0 Å². The van der Waals surface area contributed by atoms with Gasteiger partial charge < -0.3 is 10.4 Å². The zero-order valence-electron chi connectivity index (χ0n) is 10.8. The van der Waals surface area contributed by atoms with Crippen LogP contribution in [0.5, 0.6) is 0 Å². The molecule has 1 saturated carbocycles. The van der Waals surface area contributed by atoms with Crippen molar-refractivity contribution < 1.29 is 9.90 Å². The summed E-state index contributed by atoms with van der Waals surface area (Å²) in [5, 5.41) is 11.8. The quantitative estimate of drug-likeness (QED) is 0.857. The molecule has 0 spiro atoms. The molecule has 1 fully saturated rings. The van der Waals surface area contributed by atoms with Crippen LogP contribution in [-0.2, 0) is 4.79 Å². The van der Waals surface area contributed by atoms with Crippen molar-refractivity contribution in [1.29, 1.82) is 0 Å². The van der Waals surface area contributed by atoms with E-state index in [1.54, 1.807) is 13.8 Å². The highest BCUT2D eigenvalue weighted by Crippen LogP contribution is 2.33. The molecule has 2 N–H and O–H groups in total. The van der Waals surface area contributed by atoms with Crippen LogP contribution in [0.15, 0.2) is 12.4 Å². The van der Waals surface area contributed by atoms with Crippen LogP contribution in [0.25, 0.3) is 0 Å². The molecule has 1 aliphatic rings. The molecule has 0 aromatic carbocycles. The molecule has 1 aliphatic carbocycles. The van der Waals surface area contributed by atoms with Gasteiger partial charge in [0.25, 0.3) is 0 Å². The normalized spacial score (nSPS) is 16.8. The van der Waals surface area contributed by atoms with E-state index in [4.69, 9.17) is 5.11 Å². The molecule has 5 heteroatoms. The van der Waals surface area contributed by atoms with Crippen molar-refractivity contribution in [3.63, 3.8) is 0 Å². The minimum atomic E-state index is -1.06. The lowest BCUT2D eigenvalue weighted by Gasteiger charge is -2.21. The highest BCUT2D eigenvalue weighted by atomic mass is 16.4. The smallest absolute Gasteiger partial charge is 0.328 e. The molecular weight excluding hydrogens is 230 g/mol. The largest absolute Gasteiger partial charge is 0.480 e. The summed E-state index contributed by atoms with van der Waals surface area (Å²) < 4.78 is 0. The summed E-state index contributed by atoms with van der Waals surface area (Å²) in [4.78, 5) is 19.4. The Bertz CT molecular complexity index is 422. The highest BCUT2D eigenvalue weighted by Gasteiger charge is 2.27. The van der Waals surface area contributed by atoms with E-state index < -0.39 is 11.5 Å². The minimum absolute atomic E-state index is 0.365. The first kappa shape index (κ1) is 12.8.